The van der Waals surface area contributed by atoms with Crippen molar-refractivity contribution in [2.45, 2.75) is 52.0 Å². The number of hydrogen-bond donors (Lipinski definition) is 0. The van der Waals surface area contributed by atoms with E-state index in [-0.39, 0.29) is 11.9 Å². The summed E-state index contributed by atoms with van der Waals surface area (Å²) in [5, 5.41) is 6.60. The van der Waals surface area contributed by atoms with Crippen LogP contribution in [0.25, 0.3) is 16.5 Å². The van der Waals surface area contributed by atoms with Crippen LogP contribution in [0.2, 0.25) is 0 Å². The molecule has 1 saturated heterocycles. The van der Waals surface area contributed by atoms with Crippen LogP contribution in [0.15, 0.2) is 23.6 Å². The van der Waals surface area contributed by atoms with Gasteiger partial charge < -0.3 is 4.90 Å². The number of aromatic nitrogens is 4. The molecule has 7 heteroatoms. The summed E-state index contributed by atoms with van der Waals surface area (Å²) in [4.78, 5) is 25.2. The Bertz CT molecular complexity index is 918. The highest BCUT2D eigenvalue weighted by molar-refractivity contribution is 7.13. The SMILES string of the molecule is CCc1cc(C(=O)N2CCCCC[C@H]2C)nc2nc(-c3cccs3)nn12. The van der Waals surface area contributed by atoms with Gasteiger partial charge in [-0.15, -0.1) is 16.4 Å². The number of carbonyl (C=O) groups excluding carboxylic acids is 1. The summed E-state index contributed by atoms with van der Waals surface area (Å²) in [6.07, 6.45) is 5.26. The van der Waals surface area contributed by atoms with Gasteiger partial charge in [0.05, 0.1) is 4.88 Å². The highest BCUT2D eigenvalue weighted by atomic mass is 32.1. The third-order valence-corrected chi connectivity index (χ3v) is 5.89. The van der Waals surface area contributed by atoms with Crippen LogP contribution in [0, 0.1) is 0 Å². The van der Waals surface area contributed by atoms with Gasteiger partial charge in [-0.1, -0.05) is 25.8 Å². The predicted octanol–water partition coefficient (Wildman–Crippen LogP) is 3.82. The van der Waals surface area contributed by atoms with E-state index in [1.807, 2.05) is 28.5 Å². The molecule has 0 radical (unpaired) electrons. The molecule has 136 valence electrons. The van der Waals surface area contributed by atoms with Crippen LogP contribution in [0.3, 0.4) is 0 Å². The fraction of sp³-hybridized carbons (Fsp3) is 0.474. The molecule has 1 aliphatic heterocycles. The van der Waals surface area contributed by atoms with E-state index in [2.05, 4.69) is 28.9 Å². The lowest BCUT2D eigenvalue weighted by Gasteiger charge is -2.26. The topological polar surface area (TPSA) is 63.4 Å². The molecule has 0 unspecified atom stereocenters. The zero-order valence-corrected chi connectivity index (χ0v) is 16.0. The van der Waals surface area contributed by atoms with Gasteiger partial charge in [0.1, 0.15) is 5.69 Å². The number of aryl methyl sites for hydroxylation is 1. The number of nitrogens with zero attached hydrogens (tertiary/aromatic N) is 5. The van der Waals surface area contributed by atoms with Crippen molar-refractivity contribution in [2.75, 3.05) is 6.54 Å². The molecular weight excluding hydrogens is 346 g/mol. The molecule has 26 heavy (non-hydrogen) atoms. The third-order valence-electron chi connectivity index (χ3n) is 5.02. The Morgan fingerprint density at radius 3 is 2.96 bits per heavy atom. The zero-order chi connectivity index (χ0) is 18.1. The van der Waals surface area contributed by atoms with E-state index in [1.165, 1.54) is 12.8 Å². The van der Waals surface area contributed by atoms with Crippen molar-refractivity contribution in [3.05, 3.63) is 35.0 Å². The van der Waals surface area contributed by atoms with Gasteiger partial charge in [0.15, 0.2) is 5.82 Å². The lowest BCUT2D eigenvalue weighted by molar-refractivity contribution is 0.0691. The first-order valence-electron chi connectivity index (χ1n) is 9.29. The second-order valence-corrected chi connectivity index (χ2v) is 7.76. The van der Waals surface area contributed by atoms with E-state index < -0.39 is 0 Å². The number of thiophene rings is 1. The maximum absolute atomic E-state index is 13.1. The van der Waals surface area contributed by atoms with Crippen molar-refractivity contribution in [3.8, 4) is 10.7 Å². The van der Waals surface area contributed by atoms with Crippen LogP contribution >= 0.6 is 11.3 Å². The second-order valence-electron chi connectivity index (χ2n) is 6.81. The van der Waals surface area contributed by atoms with Gasteiger partial charge in [0, 0.05) is 18.3 Å². The molecule has 3 aromatic heterocycles. The van der Waals surface area contributed by atoms with Gasteiger partial charge in [-0.25, -0.2) is 9.50 Å². The molecule has 1 fully saturated rings. The Balaban J connectivity index is 1.74. The first-order chi connectivity index (χ1) is 12.7. The Labute approximate surface area is 156 Å². The summed E-state index contributed by atoms with van der Waals surface area (Å²) in [6, 6.07) is 6.11. The van der Waals surface area contributed by atoms with Crippen LogP contribution in [0.4, 0.5) is 0 Å². The van der Waals surface area contributed by atoms with Crippen LogP contribution in [0.5, 0.6) is 0 Å². The Hall–Kier alpha value is -2.28. The molecular formula is C19H23N5OS. The molecule has 0 aromatic carbocycles. The van der Waals surface area contributed by atoms with Gasteiger partial charge in [-0.05, 0) is 43.7 Å². The predicted molar refractivity (Wildman–Crippen MR) is 102 cm³/mol. The van der Waals surface area contributed by atoms with Gasteiger partial charge >= 0.3 is 0 Å². The number of amides is 1. The quantitative estimate of drug-likeness (QED) is 0.704. The van der Waals surface area contributed by atoms with Gasteiger partial charge in [-0.3, -0.25) is 4.79 Å². The average Bonchev–Trinajstić information content (AvgIpc) is 3.27. The molecule has 0 N–H and O–H groups in total. The van der Waals surface area contributed by atoms with Crippen molar-refractivity contribution in [1.29, 1.82) is 0 Å². The molecule has 4 heterocycles. The van der Waals surface area contributed by atoms with E-state index in [0.29, 0.717) is 17.3 Å². The average molecular weight is 369 g/mol. The maximum atomic E-state index is 13.1. The lowest BCUT2D eigenvalue weighted by atomic mass is 10.1. The molecule has 1 aliphatic rings. The van der Waals surface area contributed by atoms with Crippen LogP contribution in [-0.4, -0.2) is 43.0 Å². The van der Waals surface area contributed by atoms with E-state index in [4.69, 9.17) is 0 Å². The smallest absolute Gasteiger partial charge is 0.272 e. The normalized spacial score (nSPS) is 18.2. The number of hydrogen-bond acceptors (Lipinski definition) is 5. The standard InChI is InChI=1S/C19H23N5OS/c1-3-14-12-15(18(25)23-10-6-4-5-8-13(23)2)20-19-21-17(22-24(14)19)16-9-7-11-26-16/h7,9,11-13H,3-6,8,10H2,1-2H3/t13-/m1/s1. The first-order valence-corrected chi connectivity index (χ1v) is 10.2. The van der Waals surface area contributed by atoms with Crippen molar-refractivity contribution in [2.24, 2.45) is 0 Å². The molecule has 0 aliphatic carbocycles. The monoisotopic (exact) mass is 369 g/mol. The molecule has 1 atom stereocenters. The maximum Gasteiger partial charge on any atom is 0.272 e. The Morgan fingerprint density at radius 2 is 2.19 bits per heavy atom. The van der Waals surface area contributed by atoms with Crippen molar-refractivity contribution >= 4 is 23.0 Å². The second kappa shape index (κ2) is 7.15. The van der Waals surface area contributed by atoms with Gasteiger partial charge in [0.25, 0.3) is 11.7 Å². The van der Waals surface area contributed by atoms with Crippen LogP contribution in [0.1, 0.15) is 55.7 Å². The summed E-state index contributed by atoms with van der Waals surface area (Å²) < 4.78 is 1.76. The minimum atomic E-state index is 0.0114. The van der Waals surface area contributed by atoms with Crippen molar-refractivity contribution in [1.82, 2.24) is 24.5 Å². The summed E-state index contributed by atoms with van der Waals surface area (Å²) in [5.41, 5.74) is 1.43. The summed E-state index contributed by atoms with van der Waals surface area (Å²) in [5.74, 6) is 1.17. The van der Waals surface area contributed by atoms with Crippen LogP contribution in [-0.2, 0) is 6.42 Å². The molecule has 6 nitrogen and oxygen atoms in total. The fourth-order valence-electron chi connectivity index (χ4n) is 3.52. The molecule has 3 aromatic rings. The molecule has 1 amide bonds. The highest BCUT2D eigenvalue weighted by Crippen LogP contribution is 2.23. The minimum Gasteiger partial charge on any atom is -0.335 e. The number of fused-ring (bicyclic) bond motifs is 1. The van der Waals surface area contributed by atoms with E-state index in [1.54, 1.807) is 15.9 Å². The Kier molecular flexibility index (Phi) is 4.72. The fourth-order valence-corrected chi connectivity index (χ4v) is 4.18. The van der Waals surface area contributed by atoms with Gasteiger partial charge in [0.2, 0.25) is 0 Å². The molecule has 0 spiro atoms. The number of likely N-dealkylation sites (tertiary alicyclic amines) is 1. The van der Waals surface area contributed by atoms with Crippen molar-refractivity contribution < 1.29 is 4.79 Å². The zero-order valence-electron chi connectivity index (χ0n) is 15.2. The molecule has 0 saturated carbocycles. The summed E-state index contributed by atoms with van der Waals surface area (Å²) >= 11 is 1.60. The molecule has 0 bridgehead atoms. The number of rotatable bonds is 3. The highest BCUT2D eigenvalue weighted by Gasteiger charge is 2.25. The van der Waals surface area contributed by atoms with Gasteiger partial charge in [-0.2, -0.15) is 4.98 Å². The first kappa shape index (κ1) is 17.1. The van der Waals surface area contributed by atoms with E-state index in [9.17, 15) is 4.79 Å². The molecule has 4 rings (SSSR count). The minimum absolute atomic E-state index is 0.0114. The summed E-state index contributed by atoms with van der Waals surface area (Å²) in [6.45, 7) is 5.00. The third kappa shape index (κ3) is 3.11. The summed E-state index contributed by atoms with van der Waals surface area (Å²) in [7, 11) is 0. The van der Waals surface area contributed by atoms with Crippen LogP contribution < -0.4 is 0 Å². The van der Waals surface area contributed by atoms with E-state index in [0.717, 1.165) is 36.4 Å². The van der Waals surface area contributed by atoms with Crippen molar-refractivity contribution in [3.63, 3.8) is 0 Å². The lowest BCUT2D eigenvalue weighted by Crippen LogP contribution is -2.38. The largest absolute Gasteiger partial charge is 0.335 e. The van der Waals surface area contributed by atoms with E-state index >= 15 is 0 Å². The number of carbonyl (C=O) groups is 1. The Morgan fingerprint density at radius 1 is 1.31 bits per heavy atom.